The fourth-order valence-corrected chi connectivity index (χ4v) is 3.23. The highest BCUT2D eigenvalue weighted by Crippen LogP contribution is 2.27. The molecule has 0 atom stereocenters. The Labute approximate surface area is 133 Å². The van der Waals surface area contributed by atoms with E-state index >= 15 is 0 Å². The minimum absolute atomic E-state index is 0.0947. The number of aromatic nitrogens is 2. The number of rotatable bonds is 4. The summed E-state index contributed by atoms with van der Waals surface area (Å²) >= 11 is 4.83. The molecular formula is C14H12BrN3O2S. The van der Waals surface area contributed by atoms with Crippen LogP contribution in [0.1, 0.15) is 5.82 Å². The minimum atomic E-state index is -0.0947. The Morgan fingerprint density at radius 2 is 2.29 bits per heavy atom. The van der Waals surface area contributed by atoms with Crippen molar-refractivity contribution in [2.75, 3.05) is 12.4 Å². The van der Waals surface area contributed by atoms with Crippen molar-refractivity contribution in [3.05, 3.63) is 50.3 Å². The quantitative estimate of drug-likeness (QED) is 0.743. The number of aromatic amines is 1. The molecule has 0 aliphatic heterocycles. The van der Waals surface area contributed by atoms with Crippen molar-refractivity contribution in [3.63, 3.8) is 0 Å². The molecule has 2 N–H and O–H groups in total. The van der Waals surface area contributed by atoms with Crippen LogP contribution in [0.15, 0.2) is 38.9 Å². The van der Waals surface area contributed by atoms with Gasteiger partial charge in [-0.25, -0.2) is 4.98 Å². The van der Waals surface area contributed by atoms with Crippen LogP contribution in [0.4, 0.5) is 5.69 Å². The van der Waals surface area contributed by atoms with Gasteiger partial charge in [-0.2, -0.15) is 0 Å². The van der Waals surface area contributed by atoms with Gasteiger partial charge in [0.15, 0.2) is 0 Å². The second-order valence-electron chi connectivity index (χ2n) is 4.35. The predicted octanol–water partition coefficient (Wildman–Crippen LogP) is 3.37. The number of fused-ring (bicyclic) bond motifs is 1. The molecule has 2 aromatic heterocycles. The molecule has 3 rings (SSSR count). The van der Waals surface area contributed by atoms with Gasteiger partial charge in [-0.05, 0) is 45.6 Å². The van der Waals surface area contributed by atoms with Gasteiger partial charge in [0.05, 0.1) is 23.6 Å². The average molecular weight is 366 g/mol. The molecule has 3 aromatic rings. The van der Waals surface area contributed by atoms with Gasteiger partial charge < -0.3 is 15.0 Å². The Balaban J connectivity index is 1.80. The van der Waals surface area contributed by atoms with E-state index in [0.29, 0.717) is 17.1 Å². The van der Waals surface area contributed by atoms with E-state index in [-0.39, 0.29) is 5.56 Å². The number of nitrogens with one attached hydrogen (secondary N) is 2. The minimum Gasteiger partial charge on any atom is -0.496 e. The zero-order valence-electron chi connectivity index (χ0n) is 11.1. The fraction of sp³-hybridized carbons (Fsp3) is 0.143. The zero-order valence-corrected chi connectivity index (χ0v) is 13.5. The highest BCUT2D eigenvalue weighted by molar-refractivity contribution is 9.10. The van der Waals surface area contributed by atoms with E-state index in [0.717, 1.165) is 21.4 Å². The number of anilines is 1. The van der Waals surface area contributed by atoms with Gasteiger partial charge in [0.2, 0.25) is 0 Å². The van der Waals surface area contributed by atoms with Crippen LogP contribution in [0.3, 0.4) is 0 Å². The number of ether oxygens (including phenoxy) is 1. The van der Waals surface area contributed by atoms with Crippen LogP contribution in [0, 0.1) is 0 Å². The van der Waals surface area contributed by atoms with Crippen molar-refractivity contribution in [3.8, 4) is 5.75 Å². The summed E-state index contributed by atoms with van der Waals surface area (Å²) in [6.07, 6.45) is 0. The van der Waals surface area contributed by atoms with Gasteiger partial charge >= 0.3 is 0 Å². The Bertz CT molecular complexity index is 844. The third-order valence-corrected chi connectivity index (χ3v) is 4.50. The smallest absolute Gasteiger partial charge is 0.268 e. The lowest BCUT2D eigenvalue weighted by atomic mass is 10.3. The second-order valence-corrected chi connectivity index (χ2v) is 6.12. The highest BCUT2D eigenvalue weighted by Gasteiger charge is 2.06. The SMILES string of the molecule is COc1ccc(NCc2nc3ccsc3c(=O)[nH]2)cc1Br. The third kappa shape index (κ3) is 2.93. The number of nitrogens with zero attached hydrogens (tertiary/aromatic N) is 1. The lowest BCUT2D eigenvalue weighted by Crippen LogP contribution is -2.13. The maximum atomic E-state index is 11.9. The number of hydrogen-bond donors (Lipinski definition) is 2. The van der Waals surface area contributed by atoms with Crippen LogP contribution >= 0.6 is 27.3 Å². The van der Waals surface area contributed by atoms with Gasteiger partial charge in [0.1, 0.15) is 16.3 Å². The molecule has 0 amide bonds. The molecule has 21 heavy (non-hydrogen) atoms. The standard InChI is InChI=1S/C14H12BrN3O2S/c1-20-11-3-2-8(6-9(11)15)16-7-12-17-10-4-5-21-13(10)14(19)18-12/h2-6,16H,7H2,1H3,(H,17,18,19). The van der Waals surface area contributed by atoms with Gasteiger partial charge in [-0.3, -0.25) is 4.79 Å². The van der Waals surface area contributed by atoms with Crippen molar-refractivity contribution in [2.45, 2.75) is 6.54 Å². The first-order valence-electron chi connectivity index (χ1n) is 6.21. The van der Waals surface area contributed by atoms with E-state index in [1.54, 1.807) is 7.11 Å². The van der Waals surface area contributed by atoms with Crippen LogP contribution in [0.5, 0.6) is 5.75 Å². The highest BCUT2D eigenvalue weighted by atomic mass is 79.9. The van der Waals surface area contributed by atoms with Crippen molar-refractivity contribution in [2.24, 2.45) is 0 Å². The summed E-state index contributed by atoms with van der Waals surface area (Å²) in [5, 5.41) is 5.09. The molecule has 0 bridgehead atoms. The molecule has 0 spiro atoms. The summed E-state index contributed by atoms with van der Waals surface area (Å²) < 4.78 is 6.71. The van der Waals surface area contributed by atoms with Gasteiger partial charge in [-0.1, -0.05) is 0 Å². The first-order valence-corrected chi connectivity index (χ1v) is 7.88. The summed E-state index contributed by atoms with van der Waals surface area (Å²) in [5.41, 5.74) is 1.55. The van der Waals surface area contributed by atoms with E-state index in [4.69, 9.17) is 4.74 Å². The van der Waals surface area contributed by atoms with Crippen molar-refractivity contribution < 1.29 is 4.74 Å². The van der Waals surface area contributed by atoms with Crippen molar-refractivity contribution >= 4 is 43.2 Å². The molecule has 108 valence electrons. The van der Waals surface area contributed by atoms with E-state index in [9.17, 15) is 4.79 Å². The zero-order chi connectivity index (χ0) is 14.8. The fourth-order valence-electron chi connectivity index (χ4n) is 1.97. The second kappa shape index (κ2) is 5.87. The lowest BCUT2D eigenvalue weighted by molar-refractivity contribution is 0.412. The molecule has 0 saturated carbocycles. The molecule has 1 aromatic carbocycles. The number of halogens is 1. The Morgan fingerprint density at radius 1 is 1.43 bits per heavy atom. The summed E-state index contributed by atoms with van der Waals surface area (Å²) in [5.74, 6) is 1.38. The number of H-pyrrole nitrogens is 1. The molecule has 0 aliphatic carbocycles. The number of benzene rings is 1. The van der Waals surface area contributed by atoms with Gasteiger partial charge in [0, 0.05) is 5.69 Å². The molecule has 5 nitrogen and oxygen atoms in total. The van der Waals surface area contributed by atoms with E-state index in [2.05, 4.69) is 31.2 Å². The van der Waals surface area contributed by atoms with E-state index < -0.39 is 0 Å². The lowest BCUT2D eigenvalue weighted by Gasteiger charge is -2.08. The van der Waals surface area contributed by atoms with Crippen molar-refractivity contribution in [1.29, 1.82) is 0 Å². The molecule has 7 heteroatoms. The molecule has 0 unspecified atom stereocenters. The van der Waals surface area contributed by atoms with Crippen LogP contribution in [0.2, 0.25) is 0 Å². The maximum absolute atomic E-state index is 11.9. The van der Waals surface area contributed by atoms with E-state index in [1.165, 1.54) is 11.3 Å². The normalized spacial score (nSPS) is 10.8. The Kier molecular flexibility index (Phi) is 3.94. The first kappa shape index (κ1) is 14.1. The van der Waals surface area contributed by atoms with Crippen molar-refractivity contribution in [1.82, 2.24) is 9.97 Å². The number of methoxy groups -OCH3 is 1. The van der Waals surface area contributed by atoms with Crippen LogP contribution in [-0.2, 0) is 6.54 Å². The molecule has 0 aliphatic rings. The van der Waals surface area contributed by atoms with Crippen LogP contribution < -0.4 is 15.6 Å². The first-order chi connectivity index (χ1) is 10.2. The average Bonchev–Trinajstić information content (AvgIpc) is 2.94. The maximum Gasteiger partial charge on any atom is 0.268 e. The molecular weight excluding hydrogens is 354 g/mol. The topological polar surface area (TPSA) is 67.0 Å². The van der Waals surface area contributed by atoms with Crippen LogP contribution in [-0.4, -0.2) is 17.1 Å². The number of thiophene rings is 1. The van der Waals surface area contributed by atoms with Crippen LogP contribution in [0.25, 0.3) is 10.2 Å². The molecule has 0 radical (unpaired) electrons. The largest absolute Gasteiger partial charge is 0.496 e. The molecule has 2 heterocycles. The Hall–Kier alpha value is -1.86. The summed E-state index contributed by atoms with van der Waals surface area (Å²) in [6.45, 7) is 0.444. The Morgan fingerprint density at radius 3 is 3.05 bits per heavy atom. The summed E-state index contributed by atoms with van der Waals surface area (Å²) in [7, 11) is 1.62. The molecule has 0 saturated heterocycles. The van der Waals surface area contributed by atoms with Gasteiger partial charge in [-0.15, -0.1) is 11.3 Å². The monoisotopic (exact) mass is 365 g/mol. The van der Waals surface area contributed by atoms with Gasteiger partial charge in [0.25, 0.3) is 5.56 Å². The van der Waals surface area contributed by atoms with E-state index in [1.807, 2.05) is 29.6 Å². The summed E-state index contributed by atoms with van der Waals surface area (Å²) in [6, 6.07) is 7.54. The summed E-state index contributed by atoms with van der Waals surface area (Å²) in [4.78, 5) is 19.1. The number of hydrogen-bond acceptors (Lipinski definition) is 5. The predicted molar refractivity (Wildman–Crippen MR) is 88.3 cm³/mol. The molecule has 0 fully saturated rings. The third-order valence-electron chi connectivity index (χ3n) is 2.98.